The van der Waals surface area contributed by atoms with E-state index < -0.39 is 59.4 Å². The molecule has 4 atom stereocenters. The van der Waals surface area contributed by atoms with Gasteiger partial charge in [0.25, 0.3) is 11.8 Å². The van der Waals surface area contributed by atoms with Crippen LogP contribution in [-0.4, -0.2) is 85.4 Å². The third kappa shape index (κ3) is 9.64. The number of hydrogen-bond acceptors (Lipinski definition) is 8. The van der Waals surface area contributed by atoms with Crippen molar-refractivity contribution in [2.24, 2.45) is 14.1 Å². The standard InChI is InChI=1S/2C25H25F2N5O2/c2*1-31-13-17(12-28-31)15-9-10-16(19(27)11-15)14-32-21-7-4-5-18(26)23(21)24(30-32)25(34)29-20-6-2-3-8-22(20)33/h2*4-5,7,9-13,20,22,33H,2-3,6,8,14H2,1H3,(H,29,34)/t2*20-,22-/m10/s1. The Hall–Kier alpha value is -7.18. The number of carbonyl (C=O) groups excluding carboxylic acids is 2. The summed E-state index contributed by atoms with van der Waals surface area (Å²) in [5.41, 5.74) is 4.33. The molecule has 2 saturated carbocycles. The highest BCUT2D eigenvalue weighted by Gasteiger charge is 2.30. The van der Waals surface area contributed by atoms with Crippen LogP contribution in [0.2, 0.25) is 0 Å². The molecule has 4 N–H and O–H groups in total. The molecule has 8 aromatic rings. The van der Waals surface area contributed by atoms with Crippen molar-refractivity contribution in [3.8, 4) is 22.3 Å². The van der Waals surface area contributed by atoms with Gasteiger partial charge in [0, 0.05) is 48.7 Å². The summed E-state index contributed by atoms with van der Waals surface area (Å²) in [5.74, 6) is -3.12. The second-order valence-electron chi connectivity index (χ2n) is 17.6. The number of carbonyl (C=O) groups is 2. The number of rotatable bonds is 10. The van der Waals surface area contributed by atoms with E-state index in [2.05, 4.69) is 31.0 Å². The van der Waals surface area contributed by atoms with Crippen LogP contribution >= 0.6 is 0 Å². The van der Waals surface area contributed by atoms with Gasteiger partial charge < -0.3 is 20.8 Å². The molecule has 2 fully saturated rings. The van der Waals surface area contributed by atoms with E-state index in [1.807, 2.05) is 0 Å². The van der Waals surface area contributed by atoms with Gasteiger partial charge in [0.15, 0.2) is 11.4 Å². The Balaban J connectivity index is 0.000000170. The Labute approximate surface area is 388 Å². The highest BCUT2D eigenvalue weighted by Crippen LogP contribution is 2.29. The fourth-order valence-corrected chi connectivity index (χ4v) is 9.14. The van der Waals surface area contributed by atoms with E-state index in [1.165, 1.54) is 45.8 Å². The number of aromatic nitrogens is 8. The minimum absolute atomic E-state index is 0.0262. The third-order valence-corrected chi connectivity index (χ3v) is 12.8. The molecular formula is C50H50F4N10O4. The molecule has 0 saturated heterocycles. The quantitative estimate of drug-likeness (QED) is 0.102. The number of aliphatic hydroxyl groups excluding tert-OH is 2. The maximum atomic E-state index is 15.0. The van der Waals surface area contributed by atoms with Gasteiger partial charge in [0.1, 0.15) is 23.3 Å². The molecule has 4 heterocycles. The molecule has 0 bridgehead atoms. The number of amides is 2. The van der Waals surface area contributed by atoms with Crippen molar-refractivity contribution in [1.29, 1.82) is 0 Å². The maximum Gasteiger partial charge on any atom is 0.272 e. The minimum atomic E-state index is -0.636. The van der Waals surface area contributed by atoms with Gasteiger partial charge in [-0.15, -0.1) is 0 Å². The average molecular weight is 931 g/mol. The summed E-state index contributed by atoms with van der Waals surface area (Å²) in [6, 6.07) is 17.9. The zero-order chi connectivity index (χ0) is 47.6. The largest absolute Gasteiger partial charge is 0.391 e. The highest BCUT2D eigenvalue weighted by atomic mass is 19.1. The van der Waals surface area contributed by atoms with Crippen molar-refractivity contribution in [3.63, 3.8) is 0 Å². The van der Waals surface area contributed by atoms with Gasteiger partial charge in [0.2, 0.25) is 0 Å². The topological polar surface area (TPSA) is 170 Å². The van der Waals surface area contributed by atoms with Crippen molar-refractivity contribution >= 4 is 33.6 Å². The summed E-state index contributed by atoms with van der Waals surface area (Å²) in [6.07, 6.45) is 11.8. The molecule has 0 radical (unpaired) electrons. The van der Waals surface area contributed by atoms with Gasteiger partial charge in [-0.3, -0.25) is 28.3 Å². The maximum absolute atomic E-state index is 15.0. The molecule has 4 aromatic heterocycles. The normalized spacial score (nSPS) is 18.4. The number of nitrogens with one attached hydrogen (secondary N) is 2. The molecule has 0 spiro atoms. The Kier molecular flexibility index (Phi) is 13.2. The Bertz CT molecular complexity index is 2930. The lowest BCUT2D eigenvalue weighted by Gasteiger charge is -2.28. The fraction of sp³-hybridized carbons (Fsp3) is 0.320. The Morgan fingerprint density at radius 3 is 1.35 bits per heavy atom. The molecule has 10 rings (SSSR count). The van der Waals surface area contributed by atoms with Crippen LogP contribution in [0.15, 0.2) is 97.6 Å². The summed E-state index contributed by atoms with van der Waals surface area (Å²) in [7, 11) is 3.58. The van der Waals surface area contributed by atoms with Crippen LogP contribution in [0, 0.1) is 23.3 Å². The number of halogens is 4. The molecular weight excluding hydrogens is 881 g/mol. The molecule has 352 valence electrons. The summed E-state index contributed by atoms with van der Waals surface area (Å²) in [5, 5.41) is 43.1. The molecule has 14 nitrogen and oxygen atoms in total. The molecule has 2 amide bonds. The molecule has 2 aliphatic rings. The summed E-state index contributed by atoms with van der Waals surface area (Å²) >= 11 is 0. The van der Waals surface area contributed by atoms with Crippen molar-refractivity contribution in [1.82, 2.24) is 49.8 Å². The molecule has 18 heteroatoms. The van der Waals surface area contributed by atoms with Crippen LogP contribution in [0.4, 0.5) is 17.6 Å². The van der Waals surface area contributed by atoms with E-state index in [0.717, 1.165) is 36.8 Å². The van der Waals surface area contributed by atoms with Crippen molar-refractivity contribution in [2.45, 2.75) is 88.7 Å². The van der Waals surface area contributed by atoms with Crippen LogP contribution in [0.5, 0.6) is 0 Å². The SMILES string of the molecule is Cn1cc(-c2ccc(Cn3nc(C(=O)N[C@@H]4CCCC[C@H]4O)c4c(F)cccc43)c(F)c2)cn1.Cn1cc(-c2ccc(Cn3nc(C(=O)N[C@H]4CCCC[C@@H]4O)c4c(F)cccc43)c(F)c2)cn1. The molecule has 0 unspecified atom stereocenters. The zero-order valence-electron chi connectivity index (χ0n) is 37.4. The lowest BCUT2D eigenvalue weighted by molar-refractivity contribution is 0.0712. The third-order valence-electron chi connectivity index (χ3n) is 12.8. The van der Waals surface area contributed by atoms with Crippen molar-refractivity contribution in [2.75, 3.05) is 0 Å². The van der Waals surface area contributed by atoms with Crippen molar-refractivity contribution < 1.29 is 37.4 Å². The van der Waals surface area contributed by atoms with Gasteiger partial charge in [-0.2, -0.15) is 20.4 Å². The number of hydrogen-bond donors (Lipinski definition) is 4. The van der Waals surface area contributed by atoms with Gasteiger partial charge in [-0.25, -0.2) is 17.6 Å². The van der Waals surface area contributed by atoms with Crippen LogP contribution in [0.3, 0.4) is 0 Å². The first-order valence-electron chi connectivity index (χ1n) is 22.6. The second-order valence-corrected chi connectivity index (χ2v) is 17.6. The summed E-state index contributed by atoms with van der Waals surface area (Å²) in [4.78, 5) is 26.0. The number of fused-ring (bicyclic) bond motifs is 2. The van der Waals surface area contributed by atoms with Gasteiger partial charge >= 0.3 is 0 Å². The number of benzene rings is 4. The second kappa shape index (κ2) is 19.6. The molecule has 68 heavy (non-hydrogen) atoms. The monoisotopic (exact) mass is 930 g/mol. The summed E-state index contributed by atoms with van der Waals surface area (Å²) < 4.78 is 65.7. The Morgan fingerprint density at radius 1 is 0.574 bits per heavy atom. The van der Waals surface area contributed by atoms with Crippen LogP contribution in [0.25, 0.3) is 44.1 Å². The van der Waals surface area contributed by atoms with Crippen LogP contribution < -0.4 is 10.6 Å². The first kappa shape index (κ1) is 46.0. The predicted molar refractivity (Wildman–Crippen MR) is 246 cm³/mol. The lowest BCUT2D eigenvalue weighted by atomic mass is 9.92. The smallest absolute Gasteiger partial charge is 0.272 e. The number of nitrogens with zero attached hydrogens (tertiary/aromatic N) is 8. The predicted octanol–water partition coefficient (Wildman–Crippen LogP) is 7.59. The zero-order valence-corrected chi connectivity index (χ0v) is 37.4. The van der Waals surface area contributed by atoms with Crippen LogP contribution in [0.1, 0.15) is 83.5 Å². The lowest BCUT2D eigenvalue weighted by Crippen LogP contribution is -2.45. The molecule has 0 aliphatic heterocycles. The van der Waals surface area contributed by atoms with Crippen LogP contribution in [-0.2, 0) is 27.2 Å². The van der Waals surface area contributed by atoms with Crippen molar-refractivity contribution in [3.05, 3.63) is 143 Å². The van der Waals surface area contributed by atoms with Gasteiger partial charge in [-0.1, -0.05) is 62.1 Å². The van der Waals surface area contributed by atoms with E-state index >= 15 is 0 Å². The Morgan fingerprint density at radius 2 is 0.985 bits per heavy atom. The van der Waals surface area contributed by atoms with E-state index in [1.54, 1.807) is 84.6 Å². The van der Waals surface area contributed by atoms with E-state index in [-0.39, 0.29) is 35.2 Å². The summed E-state index contributed by atoms with van der Waals surface area (Å²) in [6.45, 7) is 0.0525. The van der Waals surface area contributed by atoms with E-state index in [0.29, 0.717) is 59.0 Å². The molecule has 4 aromatic carbocycles. The minimum Gasteiger partial charge on any atom is -0.391 e. The van der Waals surface area contributed by atoms with E-state index in [4.69, 9.17) is 0 Å². The fourth-order valence-electron chi connectivity index (χ4n) is 9.14. The molecule has 2 aliphatic carbocycles. The first-order valence-corrected chi connectivity index (χ1v) is 22.6. The highest BCUT2D eigenvalue weighted by molar-refractivity contribution is 6.06. The number of aliphatic hydroxyl groups is 2. The number of aryl methyl sites for hydroxylation is 2. The average Bonchev–Trinajstić information content (AvgIpc) is 4.13. The van der Waals surface area contributed by atoms with Gasteiger partial charge in [0.05, 0.1) is 71.6 Å². The van der Waals surface area contributed by atoms with E-state index in [9.17, 15) is 37.4 Å². The first-order chi connectivity index (χ1) is 32.8. The van der Waals surface area contributed by atoms with Gasteiger partial charge in [-0.05, 0) is 73.2 Å².